The molecule has 0 aromatic rings. The SMILES string of the molecule is CCCC1CC1NC1CCCCCC1C#N. The lowest BCUT2D eigenvalue weighted by molar-refractivity contribution is 0.382. The van der Waals surface area contributed by atoms with Crippen LogP contribution in [0.25, 0.3) is 0 Å². The predicted octanol–water partition coefficient (Wildman–Crippen LogP) is 3.24. The van der Waals surface area contributed by atoms with Gasteiger partial charge in [0.2, 0.25) is 0 Å². The Morgan fingerprint density at radius 3 is 2.75 bits per heavy atom. The van der Waals surface area contributed by atoms with Crippen molar-refractivity contribution in [2.45, 2.75) is 70.4 Å². The molecule has 4 atom stereocenters. The molecule has 2 nitrogen and oxygen atoms in total. The number of nitriles is 1. The molecule has 0 radical (unpaired) electrons. The fraction of sp³-hybridized carbons (Fsp3) is 0.929. The minimum absolute atomic E-state index is 0.269. The van der Waals surface area contributed by atoms with Gasteiger partial charge in [0.15, 0.2) is 0 Å². The molecule has 90 valence electrons. The number of nitrogens with zero attached hydrogens (tertiary/aromatic N) is 1. The zero-order valence-corrected chi connectivity index (χ0v) is 10.4. The highest BCUT2D eigenvalue weighted by Crippen LogP contribution is 2.36. The van der Waals surface area contributed by atoms with Gasteiger partial charge in [-0.15, -0.1) is 0 Å². The van der Waals surface area contributed by atoms with Crippen molar-refractivity contribution >= 4 is 0 Å². The summed E-state index contributed by atoms with van der Waals surface area (Å²) in [5.41, 5.74) is 0. The Bertz CT molecular complexity index is 256. The molecule has 2 fully saturated rings. The Kier molecular flexibility index (Phi) is 4.23. The quantitative estimate of drug-likeness (QED) is 0.738. The molecule has 0 spiro atoms. The van der Waals surface area contributed by atoms with Gasteiger partial charge in [-0.3, -0.25) is 0 Å². The van der Waals surface area contributed by atoms with Gasteiger partial charge in [-0.1, -0.05) is 32.6 Å². The molecule has 0 aromatic heterocycles. The minimum Gasteiger partial charge on any atom is -0.310 e. The molecule has 0 aliphatic heterocycles. The lowest BCUT2D eigenvalue weighted by atomic mass is 9.96. The third kappa shape index (κ3) is 2.98. The molecule has 1 N–H and O–H groups in total. The Morgan fingerprint density at radius 2 is 2.00 bits per heavy atom. The number of hydrogen-bond donors (Lipinski definition) is 1. The Balaban J connectivity index is 1.80. The lowest BCUT2D eigenvalue weighted by Crippen LogP contribution is -2.37. The zero-order valence-electron chi connectivity index (χ0n) is 10.4. The zero-order chi connectivity index (χ0) is 11.4. The van der Waals surface area contributed by atoms with Crippen LogP contribution in [0, 0.1) is 23.2 Å². The molecule has 0 aromatic carbocycles. The van der Waals surface area contributed by atoms with E-state index < -0.39 is 0 Å². The standard InChI is InChI=1S/C14H24N2/c1-2-6-11-9-14(11)16-13-8-5-3-4-7-12(13)10-15/h11-14,16H,2-9H2,1H3. The van der Waals surface area contributed by atoms with Crippen molar-refractivity contribution in [1.82, 2.24) is 5.32 Å². The maximum atomic E-state index is 9.20. The largest absolute Gasteiger partial charge is 0.310 e. The summed E-state index contributed by atoms with van der Waals surface area (Å²) in [7, 11) is 0. The van der Waals surface area contributed by atoms with E-state index in [1.807, 2.05) is 0 Å². The highest BCUT2D eigenvalue weighted by molar-refractivity contribution is 5.00. The third-order valence-electron chi connectivity index (χ3n) is 4.19. The summed E-state index contributed by atoms with van der Waals surface area (Å²) in [6.45, 7) is 2.26. The van der Waals surface area contributed by atoms with Crippen molar-refractivity contribution in [3.8, 4) is 6.07 Å². The van der Waals surface area contributed by atoms with Crippen molar-refractivity contribution in [1.29, 1.82) is 5.26 Å². The fourth-order valence-electron chi connectivity index (χ4n) is 3.08. The normalized spacial score (nSPS) is 38.8. The van der Waals surface area contributed by atoms with Crippen LogP contribution < -0.4 is 5.32 Å². The van der Waals surface area contributed by atoms with Crippen molar-refractivity contribution < 1.29 is 0 Å². The predicted molar refractivity (Wildman–Crippen MR) is 65.9 cm³/mol. The van der Waals surface area contributed by atoms with Crippen LogP contribution in [0.2, 0.25) is 0 Å². The molecule has 4 unspecified atom stereocenters. The molecular weight excluding hydrogens is 196 g/mol. The van der Waals surface area contributed by atoms with Crippen molar-refractivity contribution in [3.63, 3.8) is 0 Å². The first-order chi connectivity index (χ1) is 7.85. The summed E-state index contributed by atoms with van der Waals surface area (Å²) >= 11 is 0. The van der Waals surface area contributed by atoms with Gasteiger partial charge in [0.1, 0.15) is 0 Å². The molecule has 16 heavy (non-hydrogen) atoms. The highest BCUT2D eigenvalue weighted by Gasteiger charge is 2.38. The second-order valence-electron chi connectivity index (χ2n) is 5.54. The number of hydrogen-bond acceptors (Lipinski definition) is 2. The molecule has 0 bridgehead atoms. The van der Waals surface area contributed by atoms with Crippen molar-refractivity contribution in [2.75, 3.05) is 0 Å². The number of nitrogens with one attached hydrogen (secondary N) is 1. The summed E-state index contributed by atoms with van der Waals surface area (Å²) in [5, 5.41) is 12.9. The van der Waals surface area contributed by atoms with E-state index in [2.05, 4.69) is 18.3 Å². The molecule has 2 heteroatoms. The average Bonchev–Trinajstić information content (AvgIpc) is 3.04. The molecule has 2 rings (SSSR count). The van der Waals surface area contributed by atoms with E-state index in [0.717, 1.165) is 18.4 Å². The molecule has 2 saturated carbocycles. The molecule has 0 heterocycles. The van der Waals surface area contributed by atoms with Crippen LogP contribution in [0.15, 0.2) is 0 Å². The van der Waals surface area contributed by atoms with E-state index in [4.69, 9.17) is 0 Å². The second kappa shape index (κ2) is 5.68. The summed E-state index contributed by atoms with van der Waals surface area (Å²) < 4.78 is 0. The molecule has 2 aliphatic rings. The van der Waals surface area contributed by atoms with E-state index in [-0.39, 0.29) is 5.92 Å². The van der Waals surface area contributed by atoms with Gasteiger partial charge in [0, 0.05) is 12.1 Å². The van der Waals surface area contributed by atoms with Crippen LogP contribution in [0.5, 0.6) is 0 Å². The van der Waals surface area contributed by atoms with Crippen molar-refractivity contribution in [3.05, 3.63) is 0 Å². The van der Waals surface area contributed by atoms with E-state index in [1.165, 1.54) is 44.9 Å². The molecular formula is C14H24N2. The smallest absolute Gasteiger partial charge is 0.0672 e. The van der Waals surface area contributed by atoms with Crippen LogP contribution in [-0.2, 0) is 0 Å². The van der Waals surface area contributed by atoms with E-state index in [1.54, 1.807) is 0 Å². The maximum Gasteiger partial charge on any atom is 0.0672 e. The van der Waals surface area contributed by atoms with Crippen LogP contribution >= 0.6 is 0 Å². The topological polar surface area (TPSA) is 35.8 Å². The minimum atomic E-state index is 0.269. The van der Waals surface area contributed by atoms with Gasteiger partial charge in [-0.25, -0.2) is 0 Å². The fourth-order valence-corrected chi connectivity index (χ4v) is 3.08. The first-order valence-electron chi connectivity index (χ1n) is 7.00. The van der Waals surface area contributed by atoms with E-state index in [9.17, 15) is 5.26 Å². The van der Waals surface area contributed by atoms with Crippen LogP contribution in [0.3, 0.4) is 0 Å². The van der Waals surface area contributed by atoms with Gasteiger partial charge in [0.25, 0.3) is 0 Å². The first kappa shape index (κ1) is 11.9. The Labute approximate surface area is 99.4 Å². The summed E-state index contributed by atoms with van der Waals surface area (Å²) in [6.07, 6.45) is 10.2. The third-order valence-corrected chi connectivity index (χ3v) is 4.19. The molecule has 0 saturated heterocycles. The first-order valence-corrected chi connectivity index (χ1v) is 7.00. The molecule has 2 aliphatic carbocycles. The van der Waals surface area contributed by atoms with Crippen LogP contribution in [0.4, 0.5) is 0 Å². The van der Waals surface area contributed by atoms with E-state index >= 15 is 0 Å². The highest BCUT2D eigenvalue weighted by atomic mass is 15.0. The monoisotopic (exact) mass is 220 g/mol. The average molecular weight is 220 g/mol. The Hall–Kier alpha value is -0.550. The van der Waals surface area contributed by atoms with Gasteiger partial charge in [-0.05, 0) is 31.6 Å². The summed E-state index contributed by atoms with van der Waals surface area (Å²) in [6, 6.07) is 3.73. The van der Waals surface area contributed by atoms with Crippen LogP contribution in [0.1, 0.15) is 58.3 Å². The lowest BCUT2D eigenvalue weighted by Gasteiger charge is -2.21. The van der Waals surface area contributed by atoms with Gasteiger partial charge < -0.3 is 5.32 Å². The Morgan fingerprint density at radius 1 is 1.19 bits per heavy atom. The van der Waals surface area contributed by atoms with E-state index in [0.29, 0.717) is 6.04 Å². The van der Waals surface area contributed by atoms with Gasteiger partial charge in [0.05, 0.1) is 12.0 Å². The van der Waals surface area contributed by atoms with Crippen LogP contribution in [-0.4, -0.2) is 12.1 Å². The summed E-state index contributed by atoms with van der Waals surface area (Å²) in [5.74, 6) is 1.18. The van der Waals surface area contributed by atoms with Gasteiger partial charge in [-0.2, -0.15) is 5.26 Å². The van der Waals surface area contributed by atoms with Crippen molar-refractivity contribution in [2.24, 2.45) is 11.8 Å². The number of rotatable bonds is 4. The maximum absolute atomic E-state index is 9.20. The van der Waals surface area contributed by atoms with Gasteiger partial charge >= 0.3 is 0 Å². The second-order valence-corrected chi connectivity index (χ2v) is 5.54. The summed E-state index contributed by atoms with van der Waals surface area (Å²) in [4.78, 5) is 0. The molecule has 0 amide bonds.